The van der Waals surface area contributed by atoms with Crippen molar-refractivity contribution in [3.8, 4) is 5.75 Å². The minimum atomic E-state index is -0.586. The average Bonchev–Trinajstić information content (AvgIpc) is 3.03. The second-order valence-electron chi connectivity index (χ2n) is 7.63. The molecule has 0 aliphatic carbocycles. The SMILES string of the molecule is C=CC(=O)OCCCOc1ccc(C(=O)O/C(C=C)=C/C=C(\C)OC(=O)c2ccc(NC)cc2)cc1.C=CC=O.CC. The summed E-state index contributed by atoms with van der Waals surface area (Å²) in [7, 11) is 1.79. The summed E-state index contributed by atoms with van der Waals surface area (Å²) in [4.78, 5) is 44.7. The standard InChI is InChI=1S/C28H29NO7.C3H4O.C2H6/c1-5-24(15-8-20(3)35-27(31)21-9-13-23(29-4)14-10-21)36-28(32)22-11-16-25(17-12-22)33-18-7-19-34-26(30)6-2;1-2-3-4;1-2/h5-6,8-17,29H,1-2,7,18-19H2,3-4H3;2-3H,1H2;1-2H3/b20-8+,24-15+;;. The van der Waals surface area contributed by atoms with Crippen molar-refractivity contribution < 1.29 is 38.1 Å². The van der Waals surface area contributed by atoms with Crippen LogP contribution in [0.2, 0.25) is 0 Å². The quantitative estimate of drug-likeness (QED) is 0.0503. The number of anilines is 1. The smallest absolute Gasteiger partial charge is 0.343 e. The first-order valence-corrected chi connectivity index (χ1v) is 13.1. The van der Waals surface area contributed by atoms with Gasteiger partial charge in [0.15, 0.2) is 0 Å². The summed E-state index contributed by atoms with van der Waals surface area (Å²) >= 11 is 0. The summed E-state index contributed by atoms with van der Waals surface area (Å²) in [6, 6.07) is 13.3. The van der Waals surface area contributed by atoms with E-state index in [1.165, 1.54) is 24.3 Å². The Morgan fingerprint density at radius 1 is 0.810 bits per heavy atom. The van der Waals surface area contributed by atoms with Gasteiger partial charge in [0.05, 0.1) is 24.3 Å². The summed E-state index contributed by atoms with van der Waals surface area (Å²) < 4.78 is 21.1. The van der Waals surface area contributed by atoms with Gasteiger partial charge in [-0.1, -0.05) is 33.6 Å². The Labute approximate surface area is 247 Å². The zero-order valence-electron chi connectivity index (χ0n) is 24.6. The highest BCUT2D eigenvalue weighted by atomic mass is 16.5. The molecular formula is C33H39NO8. The topological polar surface area (TPSA) is 117 Å². The van der Waals surface area contributed by atoms with Crippen LogP contribution in [0.1, 0.15) is 47.9 Å². The Balaban J connectivity index is 0.00000257. The number of benzene rings is 2. The van der Waals surface area contributed by atoms with Gasteiger partial charge in [-0.05, 0) is 79.8 Å². The molecule has 0 saturated heterocycles. The Bertz CT molecular complexity index is 1220. The second kappa shape index (κ2) is 22.6. The number of esters is 3. The van der Waals surface area contributed by atoms with Crippen LogP contribution in [0, 0.1) is 0 Å². The lowest BCUT2D eigenvalue weighted by atomic mass is 10.2. The van der Waals surface area contributed by atoms with Crippen molar-refractivity contribution in [2.24, 2.45) is 0 Å². The van der Waals surface area contributed by atoms with Crippen molar-refractivity contribution in [3.05, 3.63) is 121 Å². The van der Waals surface area contributed by atoms with Crippen molar-refractivity contribution in [1.29, 1.82) is 0 Å². The average molecular weight is 578 g/mol. The van der Waals surface area contributed by atoms with Crippen LogP contribution in [-0.4, -0.2) is 44.5 Å². The molecule has 1 N–H and O–H groups in total. The van der Waals surface area contributed by atoms with Gasteiger partial charge >= 0.3 is 17.9 Å². The Morgan fingerprint density at radius 3 is 1.86 bits per heavy atom. The third-order valence-electron chi connectivity index (χ3n) is 4.71. The van der Waals surface area contributed by atoms with Crippen molar-refractivity contribution in [3.63, 3.8) is 0 Å². The van der Waals surface area contributed by atoms with Gasteiger partial charge in [-0.15, -0.1) is 0 Å². The molecule has 0 atom stereocenters. The van der Waals surface area contributed by atoms with Crippen LogP contribution in [-0.2, 0) is 23.8 Å². The van der Waals surface area contributed by atoms with E-state index in [-0.39, 0.29) is 12.4 Å². The highest BCUT2D eigenvalue weighted by Crippen LogP contribution is 2.16. The minimum Gasteiger partial charge on any atom is -0.493 e. The fourth-order valence-electron chi connectivity index (χ4n) is 2.69. The van der Waals surface area contributed by atoms with Crippen molar-refractivity contribution >= 4 is 29.9 Å². The van der Waals surface area contributed by atoms with Gasteiger partial charge in [-0.2, -0.15) is 0 Å². The molecule has 0 aliphatic heterocycles. The van der Waals surface area contributed by atoms with Crippen molar-refractivity contribution in [2.75, 3.05) is 25.6 Å². The van der Waals surface area contributed by atoms with E-state index < -0.39 is 17.9 Å². The molecule has 0 amide bonds. The number of ether oxygens (including phenoxy) is 4. The summed E-state index contributed by atoms with van der Waals surface area (Å²) in [6.07, 6.45) is 7.81. The molecule has 42 heavy (non-hydrogen) atoms. The van der Waals surface area contributed by atoms with Crippen LogP contribution >= 0.6 is 0 Å². The number of rotatable bonds is 14. The molecule has 0 saturated carbocycles. The van der Waals surface area contributed by atoms with E-state index in [0.717, 1.165) is 11.8 Å². The first kappa shape index (κ1) is 36.8. The molecule has 2 aromatic rings. The number of carbonyl (C=O) groups excluding carboxylic acids is 4. The lowest BCUT2D eigenvalue weighted by Crippen LogP contribution is -2.07. The fraction of sp³-hybridized carbons (Fsp3) is 0.212. The van der Waals surface area contributed by atoms with E-state index in [0.29, 0.717) is 41.9 Å². The summed E-state index contributed by atoms with van der Waals surface area (Å²) in [5.41, 5.74) is 1.60. The maximum Gasteiger partial charge on any atom is 0.343 e. The highest BCUT2D eigenvalue weighted by molar-refractivity contribution is 5.91. The third-order valence-corrected chi connectivity index (χ3v) is 4.71. The number of carbonyl (C=O) groups is 4. The van der Waals surface area contributed by atoms with Crippen molar-refractivity contribution in [1.82, 2.24) is 0 Å². The van der Waals surface area contributed by atoms with Gasteiger partial charge in [-0.25, -0.2) is 14.4 Å². The largest absolute Gasteiger partial charge is 0.493 e. The van der Waals surface area contributed by atoms with Gasteiger partial charge in [0.25, 0.3) is 0 Å². The van der Waals surface area contributed by atoms with Crippen LogP contribution < -0.4 is 10.1 Å². The summed E-state index contributed by atoms with van der Waals surface area (Å²) in [6.45, 7) is 16.3. The molecule has 0 heterocycles. The molecule has 0 radical (unpaired) electrons. The molecule has 0 unspecified atom stereocenters. The number of allylic oxidation sites excluding steroid dienone is 5. The highest BCUT2D eigenvalue weighted by Gasteiger charge is 2.10. The molecule has 2 aromatic carbocycles. The Kier molecular flexibility index (Phi) is 19.8. The van der Waals surface area contributed by atoms with Crippen LogP contribution in [0.15, 0.2) is 110 Å². The lowest BCUT2D eigenvalue weighted by molar-refractivity contribution is -0.137. The van der Waals surface area contributed by atoms with E-state index >= 15 is 0 Å². The molecule has 0 fully saturated rings. The normalized spacial score (nSPS) is 10.2. The molecule has 2 rings (SSSR count). The lowest BCUT2D eigenvalue weighted by Gasteiger charge is -2.08. The predicted molar refractivity (Wildman–Crippen MR) is 164 cm³/mol. The van der Waals surface area contributed by atoms with Crippen LogP contribution in [0.4, 0.5) is 5.69 Å². The van der Waals surface area contributed by atoms with E-state index in [1.807, 2.05) is 13.8 Å². The zero-order valence-corrected chi connectivity index (χ0v) is 24.6. The number of aldehydes is 1. The van der Waals surface area contributed by atoms with E-state index in [1.54, 1.807) is 62.5 Å². The molecule has 0 spiro atoms. The molecule has 0 aliphatic rings. The maximum absolute atomic E-state index is 12.5. The molecular weight excluding hydrogens is 538 g/mol. The molecule has 9 heteroatoms. The minimum absolute atomic E-state index is 0.183. The van der Waals surface area contributed by atoms with Crippen LogP contribution in [0.3, 0.4) is 0 Å². The predicted octanol–water partition coefficient (Wildman–Crippen LogP) is 6.61. The Hall–Kier alpha value is -5.18. The molecule has 0 aromatic heterocycles. The van der Waals surface area contributed by atoms with Gasteiger partial charge in [0.1, 0.15) is 23.6 Å². The summed E-state index contributed by atoms with van der Waals surface area (Å²) in [5, 5.41) is 2.98. The van der Waals surface area contributed by atoms with Gasteiger partial charge in [-0.3, -0.25) is 4.79 Å². The van der Waals surface area contributed by atoms with Gasteiger partial charge in [0, 0.05) is 25.2 Å². The van der Waals surface area contributed by atoms with Crippen LogP contribution in [0.5, 0.6) is 5.75 Å². The molecule has 9 nitrogen and oxygen atoms in total. The fourth-order valence-corrected chi connectivity index (χ4v) is 2.69. The van der Waals surface area contributed by atoms with Crippen molar-refractivity contribution in [2.45, 2.75) is 27.2 Å². The zero-order chi connectivity index (χ0) is 31.8. The molecule has 224 valence electrons. The van der Waals surface area contributed by atoms with Gasteiger partial charge in [0.2, 0.25) is 0 Å². The number of hydrogen-bond acceptors (Lipinski definition) is 9. The maximum atomic E-state index is 12.5. The van der Waals surface area contributed by atoms with E-state index in [9.17, 15) is 14.4 Å². The number of hydrogen-bond donors (Lipinski definition) is 1. The Morgan fingerprint density at radius 2 is 1.36 bits per heavy atom. The monoisotopic (exact) mass is 577 g/mol. The van der Waals surface area contributed by atoms with E-state index in [4.69, 9.17) is 23.7 Å². The second-order valence-corrected chi connectivity index (χ2v) is 7.63. The number of nitrogens with one attached hydrogen (secondary N) is 1. The molecule has 0 bridgehead atoms. The first-order valence-electron chi connectivity index (χ1n) is 13.1. The van der Waals surface area contributed by atoms with Crippen LogP contribution in [0.25, 0.3) is 0 Å². The van der Waals surface area contributed by atoms with Gasteiger partial charge < -0.3 is 24.3 Å². The third kappa shape index (κ3) is 15.4. The van der Waals surface area contributed by atoms with E-state index in [2.05, 4.69) is 25.1 Å². The summed E-state index contributed by atoms with van der Waals surface area (Å²) in [5.74, 6) is -0.513. The first-order chi connectivity index (χ1) is 20.3.